The summed E-state index contributed by atoms with van der Waals surface area (Å²) < 4.78 is 5.81. The predicted molar refractivity (Wildman–Crippen MR) is 126 cm³/mol. The summed E-state index contributed by atoms with van der Waals surface area (Å²) in [6.45, 7) is 9.51. The molecule has 1 aliphatic rings. The standard InChI is InChI=1S/C26H36N2O2/c1-4-26(2,3)21-10-16-24(17-11-21)30-20-8-9-25(29)27-22-12-14-23(15-13-22)28-18-6-5-7-19-28/h10-17H,4-9,18-20H2,1-3H3,(H,27,29). The molecule has 0 atom stereocenters. The second-order valence-electron chi connectivity index (χ2n) is 8.86. The molecule has 2 aromatic rings. The number of amides is 1. The number of nitrogens with one attached hydrogen (secondary N) is 1. The molecule has 1 N–H and O–H groups in total. The van der Waals surface area contributed by atoms with E-state index in [0.29, 0.717) is 19.4 Å². The highest BCUT2D eigenvalue weighted by Gasteiger charge is 2.17. The van der Waals surface area contributed by atoms with E-state index in [9.17, 15) is 4.79 Å². The van der Waals surface area contributed by atoms with E-state index in [1.165, 1.54) is 30.5 Å². The number of rotatable bonds is 9. The average Bonchev–Trinajstić information content (AvgIpc) is 2.78. The number of nitrogens with zero attached hydrogens (tertiary/aromatic N) is 1. The third kappa shape index (κ3) is 6.25. The molecule has 4 nitrogen and oxygen atoms in total. The van der Waals surface area contributed by atoms with E-state index in [-0.39, 0.29) is 11.3 Å². The van der Waals surface area contributed by atoms with Crippen molar-refractivity contribution in [2.75, 3.05) is 29.9 Å². The van der Waals surface area contributed by atoms with E-state index in [1.54, 1.807) is 0 Å². The van der Waals surface area contributed by atoms with Crippen LogP contribution in [0.1, 0.15) is 64.9 Å². The molecule has 0 aromatic heterocycles. The van der Waals surface area contributed by atoms with Crippen LogP contribution in [0.4, 0.5) is 11.4 Å². The topological polar surface area (TPSA) is 41.6 Å². The molecule has 4 heteroatoms. The molecule has 2 aromatic carbocycles. The Morgan fingerprint density at radius 1 is 1.00 bits per heavy atom. The lowest BCUT2D eigenvalue weighted by Gasteiger charge is -2.28. The van der Waals surface area contributed by atoms with Crippen molar-refractivity contribution in [1.82, 2.24) is 0 Å². The van der Waals surface area contributed by atoms with Gasteiger partial charge in [-0.2, -0.15) is 0 Å². The third-order valence-corrected chi connectivity index (χ3v) is 6.21. The van der Waals surface area contributed by atoms with Crippen LogP contribution in [0.15, 0.2) is 48.5 Å². The molecular formula is C26H36N2O2. The largest absolute Gasteiger partial charge is 0.494 e. The van der Waals surface area contributed by atoms with Crippen molar-refractivity contribution in [3.63, 3.8) is 0 Å². The SMILES string of the molecule is CCC(C)(C)c1ccc(OCCCC(=O)Nc2ccc(N3CCCCC3)cc2)cc1. The van der Waals surface area contributed by atoms with Gasteiger partial charge in [-0.1, -0.05) is 32.9 Å². The summed E-state index contributed by atoms with van der Waals surface area (Å²) in [7, 11) is 0. The highest BCUT2D eigenvalue weighted by Crippen LogP contribution is 2.28. The van der Waals surface area contributed by atoms with Gasteiger partial charge in [-0.25, -0.2) is 0 Å². The number of hydrogen-bond acceptors (Lipinski definition) is 3. The lowest BCUT2D eigenvalue weighted by atomic mass is 9.82. The first-order chi connectivity index (χ1) is 14.5. The summed E-state index contributed by atoms with van der Waals surface area (Å²) in [6.07, 6.45) is 6.11. The zero-order valence-corrected chi connectivity index (χ0v) is 18.7. The molecule has 0 unspecified atom stereocenters. The molecule has 1 saturated heterocycles. The van der Waals surface area contributed by atoms with E-state index in [1.807, 2.05) is 24.3 Å². The van der Waals surface area contributed by atoms with Crippen molar-refractivity contribution in [1.29, 1.82) is 0 Å². The molecule has 0 radical (unpaired) electrons. The molecule has 0 aliphatic carbocycles. The molecular weight excluding hydrogens is 372 g/mol. The second-order valence-corrected chi connectivity index (χ2v) is 8.86. The minimum atomic E-state index is 0.0318. The van der Waals surface area contributed by atoms with Crippen molar-refractivity contribution in [2.45, 2.75) is 64.7 Å². The molecule has 0 bridgehead atoms. The number of benzene rings is 2. The lowest BCUT2D eigenvalue weighted by molar-refractivity contribution is -0.116. The first-order valence-corrected chi connectivity index (χ1v) is 11.4. The smallest absolute Gasteiger partial charge is 0.224 e. The Balaban J connectivity index is 1.37. The Kier molecular flexibility index (Phi) is 7.78. The number of ether oxygens (including phenoxy) is 1. The fraction of sp³-hybridized carbons (Fsp3) is 0.500. The van der Waals surface area contributed by atoms with Gasteiger partial charge in [-0.05, 0) is 79.5 Å². The lowest BCUT2D eigenvalue weighted by Crippen LogP contribution is -2.29. The minimum Gasteiger partial charge on any atom is -0.494 e. The van der Waals surface area contributed by atoms with Crippen molar-refractivity contribution in [2.24, 2.45) is 0 Å². The molecule has 1 heterocycles. The van der Waals surface area contributed by atoms with Crippen LogP contribution in [-0.2, 0) is 10.2 Å². The van der Waals surface area contributed by atoms with Crippen LogP contribution in [0.3, 0.4) is 0 Å². The normalized spacial score (nSPS) is 14.4. The predicted octanol–water partition coefficient (Wildman–Crippen LogP) is 6.16. The van der Waals surface area contributed by atoms with Crippen LogP contribution >= 0.6 is 0 Å². The van der Waals surface area contributed by atoms with Crippen LogP contribution < -0.4 is 15.0 Å². The van der Waals surface area contributed by atoms with Crippen LogP contribution in [0.25, 0.3) is 0 Å². The van der Waals surface area contributed by atoms with Gasteiger partial charge in [0, 0.05) is 30.9 Å². The summed E-state index contributed by atoms with van der Waals surface area (Å²) >= 11 is 0. The summed E-state index contributed by atoms with van der Waals surface area (Å²) in [4.78, 5) is 14.6. The molecule has 0 spiro atoms. The first-order valence-electron chi connectivity index (χ1n) is 11.4. The van der Waals surface area contributed by atoms with E-state index >= 15 is 0 Å². The van der Waals surface area contributed by atoms with Crippen molar-refractivity contribution >= 4 is 17.3 Å². The third-order valence-electron chi connectivity index (χ3n) is 6.21. The Hall–Kier alpha value is -2.49. The second kappa shape index (κ2) is 10.5. The first kappa shape index (κ1) is 22.2. The maximum Gasteiger partial charge on any atom is 0.224 e. The molecule has 1 amide bonds. The van der Waals surface area contributed by atoms with E-state index in [4.69, 9.17) is 4.74 Å². The fourth-order valence-electron chi connectivity index (χ4n) is 3.76. The summed E-state index contributed by atoms with van der Waals surface area (Å²) in [6, 6.07) is 16.5. The van der Waals surface area contributed by atoms with E-state index < -0.39 is 0 Å². The van der Waals surface area contributed by atoms with Gasteiger partial charge in [0.25, 0.3) is 0 Å². The van der Waals surface area contributed by atoms with Gasteiger partial charge in [0.1, 0.15) is 5.75 Å². The maximum atomic E-state index is 12.2. The van der Waals surface area contributed by atoms with Crippen LogP contribution in [0.5, 0.6) is 5.75 Å². The van der Waals surface area contributed by atoms with Gasteiger partial charge in [0.2, 0.25) is 5.91 Å². The number of hydrogen-bond donors (Lipinski definition) is 1. The minimum absolute atomic E-state index is 0.0318. The zero-order valence-electron chi connectivity index (χ0n) is 18.7. The molecule has 1 fully saturated rings. The Morgan fingerprint density at radius 3 is 2.30 bits per heavy atom. The summed E-state index contributed by atoms with van der Waals surface area (Å²) in [5.74, 6) is 0.892. The van der Waals surface area contributed by atoms with Crippen molar-refractivity contribution < 1.29 is 9.53 Å². The van der Waals surface area contributed by atoms with E-state index in [2.05, 4.69) is 55.3 Å². The molecule has 0 saturated carbocycles. The highest BCUT2D eigenvalue weighted by atomic mass is 16.5. The number of anilines is 2. The van der Waals surface area contributed by atoms with Gasteiger partial charge < -0.3 is 15.0 Å². The van der Waals surface area contributed by atoms with Gasteiger partial charge >= 0.3 is 0 Å². The highest BCUT2D eigenvalue weighted by molar-refractivity contribution is 5.90. The average molecular weight is 409 g/mol. The monoisotopic (exact) mass is 408 g/mol. The summed E-state index contributed by atoms with van der Waals surface area (Å²) in [5, 5.41) is 2.99. The van der Waals surface area contributed by atoms with Crippen molar-refractivity contribution in [3.05, 3.63) is 54.1 Å². The number of carbonyl (C=O) groups excluding carboxylic acids is 1. The van der Waals surface area contributed by atoms with Gasteiger partial charge in [-0.3, -0.25) is 4.79 Å². The zero-order chi connectivity index (χ0) is 21.4. The van der Waals surface area contributed by atoms with Gasteiger partial charge in [0.15, 0.2) is 0 Å². The van der Waals surface area contributed by atoms with E-state index in [0.717, 1.165) is 30.9 Å². The maximum absolute atomic E-state index is 12.2. The van der Waals surface area contributed by atoms with Crippen LogP contribution in [0.2, 0.25) is 0 Å². The van der Waals surface area contributed by atoms with Crippen molar-refractivity contribution in [3.8, 4) is 5.75 Å². The molecule has 3 rings (SSSR count). The van der Waals surface area contributed by atoms with Gasteiger partial charge in [0.05, 0.1) is 6.61 Å². The Labute approximate surface area is 181 Å². The fourth-order valence-corrected chi connectivity index (χ4v) is 3.76. The van der Waals surface area contributed by atoms with Gasteiger partial charge in [-0.15, -0.1) is 0 Å². The summed E-state index contributed by atoms with van der Waals surface area (Å²) in [5.41, 5.74) is 3.61. The number of piperidine rings is 1. The van der Waals surface area contributed by atoms with Crippen LogP contribution in [0, 0.1) is 0 Å². The van der Waals surface area contributed by atoms with Crippen LogP contribution in [-0.4, -0.2) is 25.6 Å². The molecule has 162 valence electrons. The molecule has 30 heavy (non-hydrogen) atoms. The molecule has 1 aliphatic heterocycles. The number of carbonyl (C=O) groups is 1. The Morgan fingerprint density at radius 2 is 1.67 bits per heavy atom. The Bertz CT molecular complexity index is 791. The quantitative estimate of drug-likeness (QED) is 0.505.